The van der Waals surface area contributed by atoms with Gasteiger partial charge in [0.05, 0.1) is 0 Å². The zero-order chi connectivity index (χ0) is 16.2. The van der Waals surface area contributed by atoms with Crippen molar-refractivity contribution in [3.05, 3.63) is 22.6 Å². The smallest absolute Gasteiger partial charge is 0.329 e. The largest absolute Gasteiger partial charge is 0.458 e. The summed E-state index contributed by atoms with van der Waals surface area (Å²) in [5.74, 6) is -0.756. The van der Waals surface area contributed by atoms with Crippen LogP contribution in [-0.4, -0.2) is 23.5 Å². The number of carbonyl (C=O) groups is 2. The Hall–Kier alpha value is -1.30. The van der Waals surface area contributed by atoms with Gasteiger partial charge in [0.1, 0.15) is 11.6 Å². The summed E-state index contributed by atoms with van der Waals surface area (Å²) < 4.78 is 11.0. The van der Waals surface area contributed by atoms with Crippen molar-refractivity contribution < 1.29 is 18.7 Å². The summed E-state index contributed by atoms with van der Waals surface area (Å²) in [6.07, 6.45) is 0.742. The van der Waals surface area contributed by atoms with Crippen molar-refractivity contribution in [2.45, 2.75) is 52.7 Å². The number of carbonyl (C=O) groups excluding carboxylic acids is 2. The van der Waals surface area contributed by atoms with Gasteiger partial charge >= 0.3 is 5.97 Å². The van der Waals surface area contributed by atoms with Crippen LogP contribution in [0.2, 0.25) is 0 Å². The summed E-state index contributed by atoms with van der Waals surface area (Å²) in [7, 11) is 0. The Morgan fingerprint density at radius 3 is 2.43 bits per heavy atom. The summed E-state index contributed by atoms with van der Waals surface area (Å²) in [5, 5.41) is 2.69. The number of halogens is 1. The topological polar surface area (TPSA) is 68.5 Å². The van der Waals surface area contributed by atoms with Gasteiger partial charge in [0.25, 0.3) is 5.91 Å². The fraction of sp³-hybridized carbons (Fsp3) is 0.600. The zero-order valence-corrected chi connectivity index (χ0v) is 14.6. The Balaban J connectivity index is 2.83. The van der Waals surface area contributed by atoms with E-state index in [2.05, 4.69) is 21.2 Å². The molecule has 0 aliphatic heterocycles. The van der Waals surface area contributed by atoms with Crippen LogP contribution in [0.1, 0.15) is 51.6 Å². The molecular weight excluding hydrogens is 338 g/mol. The summed E-state index contributed by atoms with van der Waals surface area (Å²) >= 11 is 3.14. The van der Waals surface area contributed by atoms with Crippen molar-refractivity contribution in [1.29, 1.82) is 0 Å². The van der Waals surface area contributed by atoms with Crippen molar-refractivity contribution in [2.24, 2.45) is 5.92 Å². The van der Waals surface area contributed by atoms with Gasteiger partial charge in [0.15, 0.2) is 10.4 Å². The number of hydrogen-bond acceptors (Lipinski definition) is 4. The van der Waals surface area contributed by atoms with Crippen LogP contribution in [0.15, 0.2) is 21.2 Å². The molecule has 0 unspecified atom stereocenters. The molecule has 0 aromatic carbocycles. The predicted octanol–water partition coefficient (Wildman–Crippen LogP) is 3.53. The Bertz CT molecular complexity index is 504. The molecule has 0 fully saturated rings. The first-order valence-corrected chi connectivity index (χ1v) is 7.72. The molecule has 1 aromatic rings. The molecule has 1 heterocycles. The molecule has 0 saturated carbocycles. The SMILES string of the molecule is CC[C@H](C)[C@H](NC(=O)c1ccc(Br)o1)C(=O)OC(C)(C)C. The van der Waals surface area contributed by atoms with E-state index in [4.69, 9.17) is 9.15 Å². The number of ether oxygens (including phenoxy) is 1. The van der Waals surface area contributed by atoms with Crippen LogP contribution in [0.25, 0.3) is 0 Å². The molecule has 1 aromatic heterocycles. The lowest BCUT2D eigenvalue weighted by atomic mass is 9.98. The highest BCUT2D eigenvalue weighted by Gasteiger charge is 2.31. The van der Waals surface area contributed by atoms with Crippen LogP contribution in [0, 0.1) is 5.92 Å². The summed E-state index contributed by atoms with van der Waals surface area (Å²) in [6, 6.07) is 2.47. The zero-order valence-electron chi connectivity index (χ0n) is 13.0. The first kappa shape index (κ1) is 17.8. The van der Waals surface area contributed by atoms with E-state index < -0.39 is 23.5 Å². The van der Waals surface area contributed by atoms with Gasteiger partial charge < -0.3 is 14.5 Å². The van der Waals surface area contributed by atoms with E-state index in [0.29, 0.717) is 4.67 Å². The number of furan rings is 1. The van der Waals surface area contributed by atoms with E-state index in [-0.39, 0.29) is 11.7 Å². The molecule has 0 spiro atoms. The third-order valence-corrected chi connectivity index (χ3v) is 3.38. The highest BCUT2D eigenvalue weighted by Crippen LogP contribution is 2.17. The van der Waals surface area contributed by atoms with Crippen LogP contribution in [0.4, 0.5) is 0 Å². The maximum atomic E-state index is 12.3. The van der Waals surface area contributed by atoms with E-state index in [1.165, 1.54) is 0 Å². The number of amides is 1. The molecule has 21 heavy (non-hydrogen) atoms. The van der Waals surface area contributed by atoms with Crippen molar-refractivity contribution in [3.63, 3.8) is 0 Å². The molecule has 0 saturated heterocycles. The second kappa shape index (κ2) is 7.11. The van der Waals surface area contributed by atoms with E-state index in [1.807, 2.05) is 13.8 Å². The van der Waals surface area contributed by atoms with Crippen molar-refractivity contribution >= 4 is 27.8 Å². The minimum Gasteiger partial charge on any atom is -0.458 e. The van der Waals surface area contributed by atoms with Gasteiger partial charge in [-0.15, -0.1) is 0 Å². The van der Waals surface area contributed by atoms with Crippen LogP contribution >= 0.6 is 15.9 Å². The molecule has 0 aliphatic rings. The van der Waals surface area contributed by atoms with Crippen LogP contribution < -0.4 is 5.32 Å². The van der Waals surface area contributed by atoms with Gasteiger partial charge in [-0.05, 0) is 54.8 Å². The lowest BCUT2D eigenvalue weighted by Gasteiger charge is -2.27. The Morgan fingerprint density at radius 2 is 2.00 bits per heavy atom. The van der Waals surface area contributed by atoms with Gasteiger partial charge in [-0.2, -0.15) is 0 Å². The maximum absolute atomic E-state index is 12.3. The van der Waals surface area contributed by atoms with E-state index >= 15 is 0 Å². The molecule has 1 rings (SSSR count). The standard InChI is InChI=1S/C15H22BrNO4/c1-6-9(2)12(14(19)21-15(3,4)5)17-13(18)10-7-8-11(16)20-10/h7-9,12H,6H2,1-5H3,(H,17,18)/t9-,12-/m0/s1. The average Bonchev–Trinajstić information content (AvgIpc) is 2.79. The van der Waals surface area contributed by atoms with Gasteiger partial charge in [0, 0.05) is 0 Å². The van der Waals surface area contributed by atoms with E-state index in [9.17, 15) is 9.59 Å². The monoisotopic (exact) mass is 359 g/mol. The molecule has 2 atom stereocenters. The fourth-order valence-corrected chi connectivity index (χ4v) is 1.99. The number of esters is 1. The van der Waals surface area contributed by atoms with Crippen molar-refractivity contribution in [1.82, 2.24) is 5.32 Å². The molecule has 1 amide bonds. The normalized spacial score (nSPS) is 14.4. The van der Waals surface area contributed by atoms with Gasteiger partial charge in [0.2, 0.25) is 0 Å². The molecule has 1 N–H and O–H groups in total. The second-order valence-corrected chi connectivity index (χ2v) is 6.76. The quantitative estimate of drug-likeness (QED) is 0.816. The summed E-state index contributed by atoms with van der Waals surface area (Å²) in [6.45, 7) is 9.24. The molecular formula is C15H22BrNO4. The van der Waals surface area contributed by atoms with Crippen LogP contribution in [0.3, 0.4) is 0 Å². The minimum absolute atomic E-state index is 0.0396. The molecule has 0 radical (unpaired) electrons. The first-order chi connectivity index (χ1) is 9.64. The molecule has 0 aliphatic carbocycles. The lowest BCUT2D eigenvalue weighted by Crippen LogP contribution is -2.47. The molecule has 5 nitrogen and oxygen atoms in total. The Morgan fingerprint density at radius 1 is 1.38 bits per heavy atom. The van der Waals surface area contributed by atoms with Gasteiger partial charge in [-0.1, -0.05) is 20.3 Å². The van der Waals surface area contributed by atoms with Gasteiger partial charge in [-0.25, -0.2) is 4.79 Å². The number of rotatable bonds is 5. The molecule has 6 heteroatoms. The highest BCUT2D eigenvalue weighted by atomic mass is 79.9. The minimum atomic E-state index is -0.703. The van der Waals surface area contributed by atoms with Crippen LogP contribution in [0.5, 0.6) is 0 Å². The summed E-state index contributed by atoms with van der Waals surface area (Å²) in [4.78, 5) is 24.4. The highest BCUT2D eigenvalue weighted by molar-refractivity contribution is 9.10. The maximum Gasteiger partial charge on any atom is 0.329 e. The van der Waals surface area contributed by atoms with Crippen molar-refractivity contribution in [2.75, 3.05) is 0 Å². The summed E-state index contributed by atoms with van der Waals surface area (Å²) in [5.41, 5.74) is -0.596. The predicted molar refractivity (Wildman–Crippen MR) is 83.0 cm³/mol. The van der Waals surface area contributed by atoms with Gasteiger partial charge in [-0.3, -0.25) is 4.79 Å². The Labute approximate surface area is 133 Å². The number of nitrogens with one attached hydrogen (secondary N) is 1. The van der Waals surface area contributed by atoms with Crippen molar-refractivity contribution in [3.8, 4) is 0 Å². The molecule has 0 bridgehead atoms. The Kier molecular flexibility index (Phi) is 6.01. The number of hydrogen-bond donors (Lipinski definition) is 1. The third-order valence-electron chi connectivity index (χ3n) is 2.96. The first-order valence-electron chi connectivity index (χ1n) is 6.93. The average molecular weight is 360 g/mol. The van der Waals surface area contributed by atoms with E-state index in [1.54, 1.807) is 32.9 Å². The van der Waals surface area contributed by atoms with E-state index in [0.717, 1.165) is 6.42 Å². The second-order valence-electron chi connectivity index (χ2n) is 5.97. The lowest BCUT2D eigenvalue weighted by molar-refractivity contribution is -0.158. The third kappa shape index (κ3) is 5.53. The fourth-order valence-electron chi connectivity index (χ4n) is 1.68. The molecule has 118 valence electrons. The van der Waals surface area contributed by atoms with Crippen LogP contribution in [-0.2, 0) is 9.53 Å².